The first kappa shape index (κ1) is 21.1. The summed E-state index contributed by atoms with van der Waals surface area (Å²) in [6.07, 6.45) is 6.04. The highest BCUT2D eigenvalue weighted by atomic mass is 19.3. The minimum absolute atomic E-state index is 0.0278. The van der Waals surface area contributed by atoms with E-state index in [9.17, 15) is 13.6 Å². The first-order valence-electron chi connectivity index (χ1n) is 11.4. The SMILES string of the molecule is CN(C)C(=O)[C@H]1CCCN1c1nc2c(c(Nc3cc(C4CCCC4)[nH]n3)n1)C(F)(F)CC2. The van der Waals surface area contributed by atoms with Gasteiger partial charge in [-0.15, -0.1) is 0 Å². The zero-order chi connectivity index (χ0) is 22.5. The molecule has 2 aromatic rings. The van der Waals surface area contributed by atoms with E-state index in [2.05, 4.69) is 25.5 Å². The van der Waals surface area contributed by atoms with Gasteiger partial charge in [-0.2, -0.15) is 10.1 Å². The number of carbonyl (C=O) groups excluding carboxylic acids is 1. The van der Waals surface area contributed by atoms with Crippen molar-refractivity contribution >= 4 is 23.5 Å². The quantitative estimate of drug-likeness (QED) is 0.730. The first-order chi connectivity index (χ1) is 15.3. The van der Waals surface area contributed by atoms with Crippen molar-refractivity contribution in [2.75, 3.05) is 30.9 Å². The lowest BCUT2D eigenvalue weighted by molar-refractivity contribution is -0.129. The van der Waals surface area contributed by atoms with Crippen molar-refractivity contribution in [3.8, 4) is 0 Å². The third-order valence-electron chi connectivity index (χ3n) is 6.89. The van der Waals surface area contributed by atoms with Crippen LogP contribution in [0.3, 0.4) is 0 Å². The average Bonchev–Trinajstić information content (AvgIpc) is 3.54. The van der Waals surface area contributed by atoms with Gasteiger partial charge in [0.25, 0.3) is 5.92 Å². The number of alkyl halides is 2. The molecule has 32 heavy (non-hydrogen) atoms. The number of hydrogen-bond donors (Lipinski definition) is 2. The van der Waals surface area contributed by atoms with E-state index in [0.717, 1.165) is 25.0 Å². The summed E-state index contributed by atoms with van der Waals surface area (Å²) in [5, 5.41) is 10.4. The second-order valence-electron chi connectivity index (χ2n) is 9.30. The number of carbonyl (C=O) groups is 1. The molecule has 1 amide bonds. The zero-order valence-corrected chi connectivity index (χ0v) is 18.5. The van der Waals surface area contributed by atoms with Crippen molar-refractivity contribution < 1.29 is 13.6 Å². The van der Waals surface area contributed by atoms with Gasteiger partial charge in [-0.3, -0.25) is 9.89 Å². The Kier molecular flexibility index (Phi) is 5.25. The molecule has 0 aromatic carbocycles. The maximum atomic E-state index is 14.7. The number of rotatable bonds is 5. The van der Waals surface area contributed by atoms with Crippen LogP contribution in [0.2, 0.25) is 0 Å². The summed E-state index contributed by atoms with van der Waals surface area (Å²) >= 11 is 0. The van der Waals surface area contributed by atoms with Gasteiger partial charge < -0.3 is 15.1 Å². The molecule has 0 spiro atoms. The molecule has 1 aliphatic heterocycles. The van der Waals surface area contributed by atoms with Gasteiger partial charge in [0.1, 0.15) is 11.9 Å². The highest BCUT2D eigenvalue weighted by molar-refractivity contribution is 5.85. The van der Waals surface area contributed by atoms with Crippen molar-refractivity contribution in [3.63, 3.8) is 0 Å². The molecule has 3 aliphatic rings. The third kappa shape index (κ3) is 3.69. The molecule has 0 unspecified atom stereocenters. The van der Waals surface area contributed by atoms with E-state index < -0.39 is 5.92 Å². The number of aryl methyl sites for hydroxylation is 1. The Bertz CT molecular complexity index is 1020. The average molecular weight is 446 g/mol. The Morgan fingerprint density at radius 3 is 2.75 bits per heavy atom. The Hall–Kier alpha value is -2.78. The molecule has 0 bridgehead atoms. The Labute approximate surface area is 185 Å². The topological polar surface area (TPSA) is 90.0 Å². The van der Waals surface area contributed by atoms with Crippen molar-refractivity contribution in [1.82, 2.24) is 25.1 Å². The molecule has 2 aromatic heterocycles. The van der Waals surface area contributed by atoms with E-state index in [4.69, 9.17) is 0 Å². The minimum atomic E-state index is -3.00. The third-order valence-corrected chi connectivity index (χ3v) is 6.89. The number of halogens is 2. The predicted molar refractivity (Wildman–Crippen MR) is 116 cm³/mol. The van der Waals surface area contributed by atoms with Crippen molar-refractivity contribution in [2.24, 2.45) is 0 Å². The summed E-state index contributed by atoms with van der Waals surface area (Å²) < 4.78 is 29.5. The molecule has 8 nitrogen and oxygen atoms in total. The lowest BCUT2D eigenvalue weighted by Crippen LogP contribution is -2.43. The molecule has 2 fully saturated rings. The van der Waals surface area contributed by atoms with Crippen LogP contribution < -0.4 is 10.2 Å². The van der Waals surface area contributed by atoms with Gasteiger partial charge in [-0.25, -0.2) is 13.8 Å². The number of anilines is 3. The number of hydrogen-bond acceptors (Lipinski definition) is 6. The van der Waals surface area contributed by atoms with Crippen molar-refractivity contribution in [1.29, 1.82) is 0 Å². The summed E-state index contributed by atoms with van der Waals surface area (Å²) in [5.74, 6) is -1.70. The molecule has 3 heterocycles. The van der Waals surface area contributed by atoms with Gasteiger partial charge in [-0.05, 0) is 32.1 Å². The van der Waals surface area contributed by atoms with Gasteiger partial charge in [0, 0.05) is 44.7 Å². The molecule has 172 valence electrons. The van der Waals surface area contributed by atoms with E-state index >= 15 is 0 Å². The van der Waals surface area contributed by atoms with Crippen molar-refractivity contribution in [3.05, 3.63) is 23.0 Å². The smallest absolute Gasteiger partial charge is 0.278 e. The van der Waals surface area contributed by atoms with Crippen LogP contribution in [0.25, 0.3) is 0 Å². The number of amides is 1. The number of H-pyrrole nitrogens is 1. The van der Waals surface area contributed by atoms with Crippen LogP contribution in [0.5, 0.6) is 0 Å². The van der Waals surface area contributed by atoms with E-state index in [0.29, 0.717) is 36.3 Å². The molecule has 10 heteroatoms. The van der Waals surface area contributed by atoms with Crippen LogP contribution in [-0.2, 0) is 17.1 Å². The van der Waals surface area contributed by atoms with Crippen LogP contribution >= 0.6 is 0 Å². The summed E-state index contributed by atoms with van der Waals surface area (Å²) in [5.41, 5.74) is 1.22. The van der Waals surface area contributed by atoms with Crippen molar-refractivity contribution in [2.45, 2.75) is 69.2 Å². The molecule has 5 rings (SSSR count). The Morgan fingerprint density at radius 1 is 1.22 bits per heavy atom. The Balaban J connectivity index is 1.49. The zero-order valence-electron chi connectivity index (χ0n) is 18.5. The molecule has 1 saturated heterocycles. The predicted octanol–water partition coefficient (Wildman–Crippen LogP) is 3.70. The molecular weight excluding hydrogens is 416 g/mol. The van der Waals surface area contributed by atoms with E-state index in [-0.39, 0.29) is 36.2 Å². The van der Waals surface area contributed by atoms with Gasteiger partial charge in [0.2, 0.25) is 11.9 Å². The fraction of sp³-hybridized carbons (Fsp3) is 0.636. The summed E-state index contributed by atoms with van der Waals surface area (Å²) in [7, 11) is 3.44. The van der Waals surface area contributed by atoms with Crippen LogP contribution in [0.1, 0.15) is 67.8 Å². The summed E-state index contributed by atoms with van der Waals surface area (Å²) in [4.78, 5) is 25.1. The van der Waals surface area contributed by atoms with E-state index in [1.807, 2.05) is 11.0 Å². The number of likely N-dealkylation sites (N-methyl/N-ethyl adjacent to an activating group) is 1. The number of nitrogens with one attached hydrogen (secondary N) is 2. The number of aromatic nitrogens is 4. The normalized spacial score (nSPS) is 22.4. The van der Waals surface area contributed by atoms with Crippen LogP contribution in [0, 0.1) is 0 Å². The molecule has 1 atom stereocenters. The highest BCUT2D eigenvalue weighted by Gasteiger charge is 2.45. The lowest BCUT2D eigenvalue weighted by atomic mass is 10.0. The molecular formula is C22H29F2N7O. The standard InChI is InChI=1S/C22H29F2N7O/c1-30(2)20(32)16-8-5-11-31(16)21-25-14-9-10-22(23,24)18(14)19(27-21)26-17-12-15(28-29-17)13-6-3-4-7-13/h12-13,16H,3-11H2,1-2H3,(H2,25,26,27,28,29)/t16-/m1/s1. The maximum Gasteiger partial charge on any atom is 0.278 e. The molecule has 1 saturated carbocycles. The van der Waals surface area contributed by atoms with E-state index in [1.165, 1.54) is 12.8 Å². The first-order valence-corrected chi connectivity index (χ1v) is 11.4. The molecule has 0 radical (unpaired) electrons. The fourth-order valence-electron chi connectivity index (χ4n) is 5.21. The van der Waals surface area contributed by atoms with Crippen LogP contribution in [0.15, 0.2) is 6.07 Å². The monoisotopic (exact) mass is 445 g/mol. The van der Waals surface area contributed by atoms with Crippen LogP contribution in [-0.4, -0.2) is 57.7 Å². The van der Waals surface area contributed by atoms with Gasteiger partial charge in [-0.1, -0.05) is 12.8 Å². The van der Waals surface area contributed by atoms with Crippen LogP contribution in [0.4, 0.5) is 26.4 Å². The minimum Gasteiger partial charge on any atom is -0.347 e. The largest absolute Gasteiger partial charge is 0.347 e. The number of nitrogens with zero attached hydrogens (tertiary/aromatic N) is 5. The number of fused-ring (bicyclic) bond motifs is 1. The van der Waals surface area contributed by atoms with Gasteiger partial charge in [0.05, 0.1) is 11.3 Å². The second kappa shape index (κ2) is 7.97. The fourth-order valence-corrected chi connectivity index (χ4v) is 5.21. The summed E-state index contributed by atoms with van der Waals surface area (Å²) in [6.45, 7) is 0.618. The summed E-state index contributed by atoms with van der Waals surface area (Å²) in [6, 6.07) is 1.52. The number of aromatic amines is 1. The maximum absolute atomic E-state index is 14.7. The van der Waals surface area contributed by atoms with Gasteiger partial charge >= 0.3 is 0 Å². The Morgan fingerprint density at radius 2 is 2.00 bits per heavy atom. The lowest BCUT2D eigenvalue weighted by Gasteiger charge is -2.27. The molecule has 2 aliphatic carbocycles. The van der Waals surface area contributed by atoms with Gasteiger partial charge in [0.15, 0.2) is 5.82 Å². The van der Waals surface area contributed by atoms with E-state index in [1.54, 1.807) is 19.0 Å². The highest BCUT2D eigenvalue weighted by Crippen LogP contribution is 2.46. The second-order valence-corrected chi connectivity index (χ2v) is 9.30. The molecule has 2 N–H and O–H groups in total.